The molecule has 1 atom stereocenters. The van der Waals surface area contributed by atoms with Crippen LogP contribution in [-0.2, 0) is 0 Å². The molecule has 1 aliphatic rings. The first kappa shape index (κ1) is 14.8. The van der Waals surface area contributed by atoms with Crippen molar-refractivity contribution < 1.29 is 0 Å². The highest BCUT2D eigenvalue weighted by Gasteiger charge is 2.22. The number of nitrogens with zero attached hydrogens (tertiary/aromatic N) is 2. The van der Waals surface area contributed by atoms with Gasteiger partial charge in [0.25, 0.3) is 0 Å². The van der Waals surface area contributed by atoms with Gasteiger partial charge in [-0.05, 0) is 44.0 Å². The summed E-state index contributed by atoms with van der Waals surface area (Å²) in [6.07, 6.45) is 4.50. The molecule has 0 radical (unpaired) electrons. The standard InChI is InChI=1S/C17H22BrN3/c1-2-19-11-13-5-4-10-21(12-13)17-15-6-3-7-16(18)14(15)8-9-20-17/h3,6-9,13,19H,2,4-5,10-12H2,1H3. The van der Waals surface area contributed by atoms with Gasteiger partial charge in [-0.15, -0.1) is 0 Å². The van der Waals surface area contributed by atoms with Gasteiger partial charge in [0.05, 0.1) is 0 Å². The van der Waals surface area contributed by atoms with E-state index in [1.807, 2.05) is 6.20 Å². The first-order valence-electron chi connectivity index (χ1n) is 7.78. The summed E-state index contributed by atoms with van der Waals surface area (Å²) in [4.78, 5) is 7.13. The third-order valence-electron chi connectivity index (χ3n) is 4.23. The first-order chi connectivity index (χ1) is 10.3. The van der Waals surface area contributed by atoms with E-state index in [0.29, 0.717) is 0 Å². The molecule has 3 rings (SSSR count). The predicted molar refractivity (Wildman–Crippen MR) is 92.9 cm³/mol. The number of benzene rings is 1. The molecule has 0 aliphatic carbocycles. The molecule has 1 saturated heterocycles. The summed E-state index contributed by atoms with van der Waals surface area (Å²) in [7, 11) is 0. The molecule has 1 fully saturated rings. The van der Waals surface area contributed by atoms with E-state index in [2.05, 4.69) is 62.3 Å². The molecule has 1 aromatic carbocycles. The van der Waals surface area contributed by atoms with E-state index in [0.717, 1.165) is 42.4 Å². The minimum absolute atomic E-state index is 0.725. The van der Waals surface area contributed by atoms with Gasteiger partial charge in [-0.25, -0.2) is 4.98 Å². The predicted octanol–water partition coefficient (Wildman–Crippen LogP) is 3.82. The van der Waals surface area contributed by atoms with Crippen LogP contribution in [-0.4, -0.2) is 31.2 Å². The van der Waals surface area contributed by atoms with Gasteiger partial charge in [-0.3, -0.25) is 0 Å². The molecule has 0 spiro atoms. The van der Waals surface area contributed by atoms with Crippen molar-refractivity contribution in [1.29, 1.82) is 0 Å². The number of fused-ring (bicyclic) bond motifs is 1. The van der Waals surface area contributed by atoms with E-state index >= 15 is 0 Å². The van der Waals surface area contributed by atoms with Crippen molar-refractivity contribution in [3.63, 3.8) is 0 Å². The maximum Gasteiger partial charge on any atom is 0.136 e. The highest BCUT2D eigenvalue weighted by atomic mass is 79.9. The van der Waals surface area contributed by atoms with Gasteiger partial charge in [0.1, 0.15) is 5.82 Å². The topological polar surface area (TPSA) is 28.2 Å². The quantitative estimate of drug-likeness (QED) is 0.910. The highest BCUT2D eigenvalue weighted by molar-refractivity contribution is 9.10. The van der Waals surface area contributed by atoms with Gasteiger partial charge in [0, 0.05) is 34.5 Å². The fraction of sp³-hybridized carbons (Fsp3) is 0.471. The Morgan fingerprint density at radius 1 is 1.33 bits per heavy atom. The van der Waals surface area contributed by atoms with Crippen LogP contribution < -0.4 is 10.2 Å². The molecule has 2 heterocycles. The Labute approximate surface area is 134 Å². The molecule has 112 valence electrons. The molecule has 3 nitrogen and oxygen atoms in total. The summed E-state index contributed by atoms with van der Waals surface area (Å²) in [5, 5.41) is 5.97. The van der Waals surface area contributed by atoms with E-state index in [1.165, 1.54) is 23.6 Å². The average Bonchev–Trinajstić information content (AvgIpc) is 2.53. The van der Waals surface area contributed by atoms with Crippen LogP contribution in [0.2, 0.25) is 0 Å². The van der Waals surface area contributed by atoms with Crippen LogP contribution in [0.4, 0.5) is 5.82 Å². The number of hydrogen-bond donors (Lipinski definition) is 1. The van der Waals surface area contributed by atoms with Crippen LogP contribution in [0.3, 0.4) is 0 Å². The fourth-order valence-corrected chi connectivity index (χ4v) is 3.68. The van der Waals surface area contributed by atoms with Gasteiger partial charge >= 0.3 is 0 Å². The van der Waals surface area contributed by atoms with E-state index in [1.54, 1.807) is 0 Å². The number of piperidine rings is 1. The second-order valence-electron chi connectivity index (χ2n) is 5.73. The molecular weight excluding hydrogens is 326 g/mol. The Kier molecular flexibility index (Phi) is 4.76. The molecule has 1 N–H and O–H groups in total. The van der Waals surface area contributed by atoms with Crippen molar-refractivity contribution >= 4 is 32.5 Å². The lowest BCUT2D eigenvalue weighted by Crippen LogP contribution is -2.40. The van der Waals surface area contributed by atoms with Gasteiger partial charge in [0.2, 0.25) is 0 Å². The second-order valence-corrected chi connectivity index (χ2v) is 6.59. The Morgan fingerprint density at radius 3 is 3.10 bits per heavy atom. The first-order valence-corrected chi connectivity index (χ1v) is 8.57. The molecule has 0 saturated carbocycles. The summed E-state index contributed by atoms with van der Waals surface area (Å²) >= 11 is 3.64. The Hall–Kier alpha value is -1.13. The zero-order valence-corrected chi connectivity index (χ0v) is 14.1. The smallest absolute Gasteiger partial charge is 0.136 e. The second kappa shape index (κ2) is 6.75. The van der Waals surface area contributed by atoms with Crippen molar-refractivity contribution in [2.24, 2.45) is 5.92 Å². The molecule has 0 amide bonds. The van der Waals surface area contributed by atoms with Crippen LogP contribution in [0.25, 0.3) is 10.8 Å². The average molecular weight is 348 g/mol. The SMILES string of the molecule is CCNCC1CCCN(c2nccc3c(Br)cccc23)C1. The number of anilines is 1. The Balaban J connectivity index is 1.88. The fourth-order valence-electron chi connectivity index (χ4n) is 3.18. The van der Waals surface area contributed by atoms with Crippen LogP contribution in [0.15, 0.2) is 34.9 Å². The number of pyridine rings is 1. The van der Waals surface area contributed by atoms with Crippen LogP contribution in [0.5, 0.6) is 0 Å². The van der Waals surface area contributed by atoms with E-state index < -0.39 is 0 Å². The molecule has 2 aromatic rings. The molecule has 0 bridgehead atoms. The van der Waals surface area contributed by atoms with Crippen molar-refractivity contribution in [2.45, 2.75) is 19.8 Å². The Morgan fingerprint density at radius 2 is 2.24 bits per heavy atom. The lowest BCUT2D eigenvalue weighted by Gasteiger charge is -2.34. The lowest BCUT2D eigenvalue weighted by molar-refractivity contribution is 0.394. The normalized spacial score (nSPS) is 19.1. The summed E-state index contributed by atoms with van der Waals surface area (Å²) in [6, 6.07) is 8.45. The minimum Gasteiger partial charge on any atom is -0.356 e. The van der Waals surface area contributed by atoms with Gasteiger partial charge in [-0.2, -0.15) is 0 Å². The van der Waals surface area contributed by atoms with Gasteiger partial charge in [-0.1, -0.05) is 35.0 Å². The molecule has 1 aromatic heterocycles. The van der Waals surface area contributed by atoms with Crippen molar-refractivity contribution in [3.8, 4) is 0 Å². The summed E-state index contributed by atoms with van der Waals surface area (Å²) in [5.74, 6) is 1.86. The number of hydrogen-bond acceptors (Lipinski definition) is 3. The minimum atomic E-state index is 0.725. The number of rotatable bonds is 4. The van der Waals surface area contributed by atoms with Crippen LogP contribution >= 0.6 is 15.9 Å². The maximum atomic E-state index is 4.67. The molecule has 1 aliphatic heterocycles. The summed E-state index contributed by atoms with van der Waals surface area (Å²) < 4.78 is 1.14. The zero-order chi connectivity index (χ0) is 14.7. The molecular formula is C17H22BrN3. The third kappa shape index (κ3) is 3.22. The summed E-state index contributed by atoms with van der Waals surface area (Å²) in [5.41, 5.74) is 0. The van der Waals surface area contributed by atoms with E-state index in [4.69, 9.17) is 0 Å². The maximum absolute atomic E-state index is 4.67. The number of aromatic nitrogens is 1. The molecule has 4 heteroatoms. The van der Waals surface area contributed by atoms with Crippen LogP contribution in [0.1, 0.15) is 19.8 Å². The molecule has 21 heavy (non-hydrogen) atoms. The van der Waals surface area contributed by atoms with Crippen LogP contribution in [0, 0.1) is 5.92 Å². The lowest BCUT2D eigenvalue weighted by atomic mass is 9.97. The van der Waals surface area contributed by atoms with Gasteiger partial charge < -0.3 is 10.2 Å². The van der Waals surface area contributed by atoms with E-state index in [9.17, 15) is 0 Å². The summed E-state index contributed by atoms with van der Waals surface area (Å²) in [6.45, 7) is 6.55. The van der Waals surface area contributed by atoms with Gasteiger partial charge in [0.15, 0.2) is 0 Å². The molecule has 1 unspecified atom stereocenters. The van der Waals surface area contributed by atoms with Crippen molar-refractivity contribution in [1.82, 2.24) is 10.3 Å². The van der Waals surface area contributed by atoms with Crippen molar-refractivity contribution in [3.05, 3.63) is 34.9 Å². The zero-order valence-electron chi connectivity index (χ0n) is 12.5. The van der Waals surface area contributed by atoms with Crippen molar-refractivity contribution in [2.75, 3.05) is 31.1 Å². The number of halogens is 1. The third-order valence-corrected chi connectivity index (χ3v) is 4.92. The largest absolute Gasteiger partial charge is 0.356 e. The Bertz CT molecular complexity index is 614. The number of nitrogens with one attached hydrogen (secondary N) is 1. The monoisotopic (exact) mass is 347 g/mol. The highest BCUT2D eigenvalue weighted by Crippen LogP contribution is 2.31. The van der Waals surface area contributed by atoms with E-state index in [-0.39, 0.29) is 0 Å².